The van der Waals surface area contributed by atoms with Gasteiger partial charge in [-0.15, -0.1) is 0 Å². The first kappa shape index (κ1) is 6.55. The molecule has 0 atom stereocenters. The number of nitrogens with two attached hydrogens (primary N) is 1. The molecule has 0 unspecified atom stereocenters. The fourth-order valence-corrected chi connectivity index (χ4v) is 1.23. The number of rotatable bonds is 0. The maximum absolute atomic E-state index is 5.63. The number of benzene rings is 1. The second-order valence-corrected chi connectivity index (χ2v) is 2.72. The second-order valence-electron chi connectivity index (χ2n) is 2.35. The molecule has 0 radical (unpaired) electrons. The molecule has 0 saturated heterocycles. The second kappa shape index (κ2) is 2.17. The average molecular weight is 168 g/mol. The van der Waals surface area contributed by atoms with Crippen molar-refractivity contribution < 1.29 is 4.42 Å². The summed E-state index contributed by atoms with van der Waals surface area (Å²) in [6.07, 6.45) is 0. The number of halogens is 1. The van der Waals surface area contributed by atoms with Crippen molar-refractivity contribution >= 4 is 28.3 Å². The van der Waals surface area contributed by atoms with Crippen LogP contribution >= 0.6 is 11.6 Å². The average Bonchev–Trinajstić information content (AvgIpc) is 2.27. The molecule has 2 N–H and O–H groups in total. The summed E-state index contributed by atoms with van der Waals surface area (Å²) in [6.45, 7) is 0. The van der Waals surface area contributed by atoms with Crippen LogP contribution in [0.15, 0.2) is 28.7 Å². The van der Waals surface area contributed by atoms with Gasteiger partial charge >= 0.3 is 0 Å². The van der Waals surface area contributed by atoms with E-state index in [0.717, 1.165) is 16.7 Å². The fraction of sp³-hybridized carbons (Fsp3) is 0. The summed E-state index contributed by atoms with van der Waals surface area (Å²) in [5.74, 6) is 0. The van der Waals surface area contributed by atoms with E-state index in [1.54, 1.807) is 18.2 Å². The molecule has 0 spiro atoms. The molecule has 0 fully saturated rings. The van der Waals surface area contributed by atoms with Crippen molar-refractivity contribution in [3.05, 3.63) is 29.5 Å². The molecular formula is C8H6ClNO. The molecule has 11 heavy (non-hydrogen) atoms. The number of anilines is 1. The number of nitrogen functional groups attached to an aromatic ring is 1. The van der Waals surface area contributed by atoms with Crippen molar-refractivity contribution in [3.8, 4) is 0 Å². The quantitative estimate of drug-likeness (QED) is 0.613. The summed E-state index contributed by atoms with van der Waals surface area (Å²) in [5, 5.41) is 1.33. The van der Waals surface area contributed by atoms with E-state index in [4.69, 9.17) is 21.8 Å². The molecule has 0 aliphatic carbocycles. The van der Waals surface area contributed by atoms with Crippen LogP contribution in [0.3, 0.4) is 0 Å². The van der Waals surface area contributed by atoms with Gasteiger partial charge in [-0.2, -0.15) is 0 Å². The molecule has 1 aromatic heterocycles. The van der Waals surface area contributed by atoms with E-state index in [0.29, 0.717) is 5.22 Å². The Labute approximate surface area is 68.6 Å². The minimum absolute atomic E-state index is 0.394. The van der Waals surface area contributed by atoms with Gasteiger partial charge in [0, 0.05) is 17.1 Å². The van der Waals surface area contributed by atoms with Gasteiger partial charge in [-0.25, -0.2) is 0 Å². The smallest absolute Gasteiger partial charge is 0.194 e. The van der Waals surface area contributed by atoms with Gasteiger partial charge in [0.2, 0.25) is 0 Å². The Balaban J connectivity index is 2.82. The maximum atomic E-state index is 5.63. The van der Waals surface area contributed by atoms with E-state index in [9.17, 15) is 0 Å². The molecule has 0 amide bonds. The van der Waals surface area contributed by atoms with Gasteiger partial charge in [-0.3, -0.25) is 0 Å². The molecule has 0 bridgehead atoms. The molecule has 0 saturated carbocycles. The summed E-state index contributed by atoms with van der Waals surface area (Å²) in [6, 6.07) is 7.15. The highest BCUT2D eigenvalue weighted by atomic mass is 35.5. The molecular weight excluding hydrogens is 162 g/mol. The summed E-state index contributed by atoms with van der Waals surface area (Å²) in [4.78, 5) is 0. The van der Waals surface area contributed by atoms with Crippen LogP contribution in [0.5, 0.6) is 0 Å². The molecule has 2 nitrogen and oxygen atoms in total. The van der Waals surface area contributed by atoms with Crippen molar-refractivity contribution in [2.24, 2.45) is 0 Å². The zero-order valence-electron chi connectivity index (χ0n) is 5.67. The van der Waals surface area contributed by atoms with Crippen molar-refractivity contribution in [2.75, 3.05) is 5.73 Å². The Morgan fingerprint density at radius 2 is 2.09 bits per heavy atom. The summed E-state index contributed by atoms with van der Waals surface area (Å²) in [7, 11) is 0. The van der Waals surface area contributed by atoms with Gasteiger partial charge < -0.3 is 10.2 Å². The van der Waals surface area contributed by atoms with Crippen LogP contribution in [0, 0.1) is 0 Å². The van der Waals surface area contributed by atoms with Crippen molar-refractivity contribution in [3.63, 3.8) is 0 Å². The number of fused-ring (bicyclic) bond motifs is 1. The number of furan rings is 1. The Kier molecular flexibility index (Phi) is 1.29. The van der Waals surface area contributed by atoms with Crippen molar-refractivity contribution in [1.82, 2.24) is 0 Å². The molecule has 0 aliphatic rings. The molecule has 0 aliphatic heterocycles. The Bertz CT molecular complexity index is 394. The zero-order chi connectivity index (χ0) is 7.84. The van der Waals surface area contributed by atoms with Gasteiger partial charge in [-0.05, 0) is 29.8 Å². The zero-order valence-corrected chi connectivity index (χ0v) is 6.43. The third-order valence-corrected chi connectivity index (χ3v) is 1.70. The standard InChI is InChI=1S/C8H6ClNO/c9-8-4-5-3-6(10)1-2-7(5)11-8/h1-4H,10H2. The Morgan fingerprint density at radius 1 is 1.27 bits per heavy atom. The van der Waals surface area contributed by atoms with Gasteiger partial charge in [-0.1, -0.05) is 0 Å². The predicted octanol–water partition coefficient (Wildman–Crippen LogP) is 2.67. The lowest BCUT2D eigenvalue weighted by Crippen LogP contribution is -1.80. The van der Waals surface area contributed by atoms with E-state index < -0.39 is 0 Å². The van der Waals surface area contributed by atoms with E-state index >= 15 is 0 Å². The van der Waals surface area contributed by atoms with Crippen LogP contribution in [-0.2, 0) is 0 Å². The third-order valence-electron chi connectivity index (χ3n) is 1.51. The van der Waals surface area contributed by atoms with Crippen LogP contribution in [-0.4, -0.2) is 0 Å². The molecule has 1 heterocycles. The lowest BCUT2D eigenvalue weighted by atomic mass is 10.2. The van der Waals surface area contributed by atoms with Gasteiger partial charge in [0.05, 0.1) is 0 Å². The highest BCUT2D eigenvalue weighted by Crippen LogP contribution is 2.24. The van der Waals surface area contributed by atoms with Gasteiger partial charge in [0.15, 0.2) is 5.22 Å². The van der Waals surface area contributed by atoms with Crippen LogP contribution in [0.4, 0.5) is 5.69 Å². The number of hydrogen-bond acceptors (Lipinski definition) is 2. The minimum Gasteiger partial charge on any atom is -0.445 e. The highest BCUT2D eigenvalue weighted by Gasteiger charge is 1.99. The van der Waals surface area contributed by atoms with Crippen molar-refractivity contribution in [1.29, 1.82) is 0 Å². The van der Waals surface area contributed by atoms with Crippen LogP contribution in [0.25, 0.3) is 11.0 Å². The van der Waals surface area contributed by atoms with Crippen LogP contribution in [0.1, 0.15) is 0 Å². The van der Waals surface area contributed by atoms with E-state index in [-0.39, 0.29) is 0 Å². The van der Waals surface area contributed by atoms with E-state index in [1.165, 1.54) is 0 Å². The SMILES string of the molecule is Nc1ccc2oc(Cl)cc2c1. The van der Waals surface area contributed by atoms with Crippen LogP contribution < -0.4 is 5.73 Å². The largest absolute Gasteiger partial charge is 0.445 e. The van der Waals surface area contributed by atoms with E-state index in [1.807, 2.05) is 6.07 Å². The Morgan fingerprint density at radius 3 is 2.91 bits per heavy atom. The molecule has 3 heteroatoms. The lowest BCUT2D eigenvalue weighted by molar-refractivity contribution is 0.618. The molecule has 2 aromatic rings. The van der Waals surface area contributed by atoms with E-state index in [2.05, 4.69) is 0 Å². The maximum Gasteiger partial charge on any atom is 0.194 e. The Hall–Kier alpha value is -1.15. The van der Waals surface area contributed by atoms with Crippen molar-refractivity contribution in [2.45, 2.75) is 0 Å². The summed E-state index contributed by atoms with van der Waals surface area (Å²) < 4.78 is 5.13. The molecule has 56 valence electrons. The van der Waals surface area contributed by atoms with Gasteiger partial charge in [0.1, 0.15) is 5.58 Å². The first-order chi connectivity index (χ1) is 5.25. The number of hydrogen-bond donors (Lipinski definition) is 1. The monoisotopic (exact) mass is 167 g/mol. The first-order valence-electron chi connectivity index (χ1n) is 3.20. The normalized spacial score (nSPS) is 10.6. The third kappa shape index (κ3) is 1.05. The summed E-state index contributed by atoms with van der Waals surface area (Å²) in [5.41, 5.74) is 7.03. The fourth-order valence-electron chi connectivity index (χ4n) is 1.03. The lowest BCUT2D eigenvalue weighted by Gasteiger charge is -1.89. The van der Waals surface area contributed by atoms with Gasteiger partial charge in [0.25, 0.3) is 0 Å². The molecule has 1 aromatic carbocycles. The van der Waals surface area contributed by atoms with Crippen LogP contribution in [0.2, 0.25) is 5.22 Å². The highest BCUT2D eigenvalue weighted by molar-refractivity contribution is 6.29. The molecule has 2 rings (SSSR count). The predicted molar refractivity (Wildman–Crippen MR) is 45.6 cm³/mol. The minimum atomic E-state index is 0.394. The first-order valence-corrected chi connectivity index (χ1v) is 3.58. The topological polar surface area (TPSA) is 39.2 Å². The summed E-state index contributed by atoms with van der Waals surface area (Å²) >= 11 is 5.63.